The largest absolute Gasteiger partial charge is 0.497 e. The van der Waals surface area contributed by atoms with Crippen molar-refractivity contribution >= 4 is 5.97 Å². The number of ether oxygens (including phenoxy) is 2. The Labute approximate surface area is 235 Å². The Morgan fingerprint density at radius 1 is 1.02 bits per heavy atom. The van der Waals surface area contributed by atoms with Gasteiger partial charge in [0.2, 0.25) is 0 Å². The number of hydrogen-bond acceptors (Lipinski definition) is 3. The molecule has 0 spiro atoms. The van der Waals surface area contributed by atoms with E-state index in [9.17, 15) is 9.90 Å². The molecule has 0 aliphatic heterocycles. The molecule has 0 heterocycles. The molecule has 1 N–H and O–H groups in total. The number of rotatable bonds is 10. The zero-order valence-electron chi connectivity index (χ0n) is 23.5. The number of carboxylic acids is 1. The van der Waals surface area contributed by atoms with Gasteiger partial charge in [0, 0.05) is 11.5 Å². The fourth-order valence-electron chi connectivity index (χ4n) is 6.45. The number of methoxy groups -OCH3 is 1. The highest BCUT2D eigenvalue weighted by Crippen LogP contribution is 2.50. The van der Waals surface area contributed by atoms with Gasteiger partial charge in [-0.2, -0.15) is 0 Å². The van der Waals surface area contributed by atoms with Gasteiger partial charge in [0.15, 0.2) is 11.6 Å². The average Bonchev–Trinajstić information content (AvgIpc) is 3.77. The molecule has 0 unspecified atom stereocenters. The highest BCUT2D eigenvalue weighted by atomic mass is 19.1. The fourth-order valence-corrected chi connectivity index (χ4v) is 6.45. The quantitative estimate of drug-likeness (QED) is 0.275. The molecule has 40 heavy (non-hydrogen) atoms. The van der Waals surface area contributed by atoms with Crippen LogP contribution in [0.3, 0.4) is 0 Å². The van der Waals surface area contributed by atoms with E-state index < -0.39 is 11.8 Å². The number of benzene rings is 3. The normalized spacial score (nSPS) is 19.2. The molecule has 0 aromatic heterocycles. The van der Waals surface area contributed by atoms with Crippen LogP contribution in [-0.2, 0) is 11.4 Å². The van der Waals surface area contributed by atoms with Crippen LogP contribution < -0.4 is 9.47 Å². The minimum absolute atomic E-state index is 0.0459. The zero-order chi connectivity index (χ0) is 28.4. The minimum Gasteiger partial charge on any atom is -0.497 e. The summed E-state index contributed by atoms with van der Waals surface area (Å²) < 4.78 is 42.1. The van der Waals surface area contributed by atoms with Crippen LogP contribution in [0.1, 0.15) is 87.3 Å². The summed E-state index contributed by atoms with van der Waals surface area (Å²) in [6, 6.07) is 15.7. The second kappa shape index (κ2) is 11.6. The van der Waals surface area contributed by atoms with E-state index in [4.69, 9.17) is 9.47 Å². The van der Waals surface area contributed by atoms with Crippen molar-refractivity contribution < 1.29 is 28.2 Å². The molecule has 3 aromatic rings. The maximum Gasteiger partial charge on any atom is 0.303 e. The third-order valence-corrected chi connectivity index (χ3v) is 8.83. The van der Waals surface area contributed by atoms with Crippen molar-refractivity contribution in [2.45, 2.75) is 77.2 Å². The predicted molar refractivity (Wildman–Crippen MR) is 152 cm³/mol. The van der Waals surface area contributed by atoms with E-state index in [1.54, 1.807) is 37.4 Å². The molecule has 0 bridgehead atoms. The van der Waals surface area contributed by atoms with Gasteiger partial charge in [-0.15, -0.1) is 0 Å². The van der Waals surface area contributed by atoms with Gasteiger partial charge in [0.1, 0.15) is 18.2 Å². The summed E-state index contributed by atoms with van der Waals surface area (Å²) in [5.41, 5.74) is 3.75. The van der Waals surface area contributed by atoms with E-state index in [-0.39, 0.29) is 47.8 Å². The molecule has 0 radical (unpaired) electrons. The first-order valence-electron chi connectivity index (χ1n) is 14.3. The van der Waals surface area contributed by atoms with Crippen LogP contribution in [0, 0.1) is 23.0 Å². The number of halogens is 2. The van der Waals surface area contributed by atoms with Gasteiger partial charge in [0.05, 0.1) is 13.5 Å². The number of aliphatic carboxylic acids is 1. The predicted octanol–water partition coefficient (Wildman–Crippen LogP) is 8.87. The molecule has 2 atom stereocenters. The summed E-state index contributed by atoms with van der Waals surface area (Å²) in [6.45, 7) is 4.70. The van der Waals surface area contributed by atoms with Gasteiger partial charge in [-0.25, -0.2) is 8.78 Å². The van der Waals surface area contributed by atoms with Crippen molar-refractivity contribution in [1.82, 2.24) is 0 Å². The topological polar surface area (TPSA) is 55.8 Å². The van der Waals surface area contributed by atoms with Crippen molar-refractivity contribution in [2.24, 2.45) is 11.3 Å². The summed E-state index contributed by atoms with van der Waals surface area (Å²) in [4.78, 5) is 11.4. The average molecular weight is 549 g/mol. The first-order chi connectivity index (χ1) is 19.2. The van der Waals surface area contributed by atoms with Crippen LogP contribution in [0.25, 0.3) is 11.1 Å². The lowest BCUT2D eigenvalue weighted by Gasteiger charge is -2.40. The van der Waals surface area contributed by atoms with E-state index in [1.807, 2.05) is 12.1 Å². The van der Waals surface area contributed by atoms with E-state index in [0.29, 0.717) is 16.9 Å². The third-order valence-electron chi connectivity index (χ3n) is 8.83. The molecule has 3 aromatic carbocycles. The Balaban J connectivity index is 1.47. The maximum absolute atomic E-state index is 15.6. The molecule has 0 saturated heterocycles. The molecule has 6 heteroatoms. The van der Waals surface area contributed by atoms with Crippen molar-refractivity contribution in [1.29, 1.82) is 0 Å². The standard InChI is InChI=1S/C34H38F2O4/c1-34(2)16-5-4-8-29(34)27-17-21(10-14-24(27)28-18-23(39-3)13-15-30(28)35)20-40-31-9-6-7-25(33(31)36)26(19-32(37)38)22-11-12-22/h6-7,9-10,13-15,17-18,22,26,29H,4-5,8,11-12,16,19-20H2,1-3H3,(H,37,38)/t26-,29+/m0/s1. The van der Waals surface area contributed by atoms with Gasteiger partial charge in [-0.1, -0.05) is 57.0 Å². The highest BCUT2D eigenvalue weighted by molar-refractivity contribution is 5.71. The van der Waals surface area contributed by atoms with Crippen LogP contribution in [0.5, 0.6) is 11.5 Å². The number of carbonyl (C=O) groups is 1. The molecule has 4 nitrogen and oxygen atoms in total. The van der Waals surface area contributed by atoms with E-state index in [1.165, 1.54) is 12.5 Å². The third kappa shape index (κ3) is 6.01. The lowest BCUT2D eigenvalue weighted by Crippen LogP contribution is -2.26. The van der Waals surface area contributed by atoms with Crippen LogP contribution in [0.2, 0.25) is 0 Å². The van der Waals surface area contributed by atoms with Gasteiger partial charge in [-0.3, -0.25) is 4.79 Å². The molecule has 0 amide bonds. The van der Waals surface area contributed by atoms with E-state index in [2.05, 4.69) is 19.9 Å². The van der Waals surface area contributed by atoms with Gasteiger partial charge < -0.3 is 14.6 Å². The maximum atomic E-state index is 15.6. The van der Waals surface area contributed by atoms with Crippen LogP contribution in [0.15, 0.2) is 54.6 Å². The van der Waals surface area contributed by atoms with Gasteiger partial charge >= 0.3 is 5.97 Å². The van der Waals surface area contributed by atoms with E-state index in [0.717, 1.165) is 48.8 Å². The second-order valence-electron chi connectivity index (χ2n) is 12.0. The SMILES string of the molecule is COc1ccc(F)c(-c2ccc(COc3cccc([C@@H](CC(=O)O)C4CC4)c3F)cc2[C@H]2CCCCC2(C)C)c1. The fraction of sp³-hybridized carbons (Fsp3) is 0.441. The van der Waals surface area contributed by atoms with Crippen LogP contribution in [0.4, 0.5) is 8.78 Å². The summed E-state index contributed by atoms with van der Waals surface area (Å²) >= 11 is 0. The smallest absolute Gasteiger partial charge is 0.303 e. The van der Waals surface area contributed by atoms with Crippen molar-refractivity contribution in [3.05, 3.63) is 82.9 Å². The Kier molecular flexibility index (Phi) is 8.16. The van der Waals surface area contributed by atoms with E-state index >= 15 is 8.78 Å². The Hall–Kier alpha value is -3.41. The molecule has 2 aliphatic carbocycles. The molecular weight excluding hydrogens is 510 g/mol. The summed E-state index contributed by atoms with van der Waals surface area (Å²) in [6.07, 6.45) is 6.15. The number of carboxylic acid groups (broad SMARTS) is 1. The number of hydrogen-bond donors (Lipinski definition) is 1. The van der Waals surface area contributed by atoms with Crippen molar-refractivity contribution in [2.75, 3.05) is 7.11 Å². The summed E-state index contributed by atoms with van der Waals surface area (Å²) in [5, 5.41) is 9.37. The second-order valence-corrected chi connectivity index (χ2v) is 12.0. The molecule has 2 aliphatic rings. The molecule has 5 rings (SSSR count). The summed E-state index contributed by atoms with van der Waals surface area (Å²) in [5.74, 6) is -0.901. The zero-order valence-corrected chi connectivity index (χ0v) is 23.5. The first-order valence-corrected chi connectivity index (χ1v) is 14.3. The summed E-state index contributed by atoms with van der Waals surface area (Å²) in [7, 11) is 1.57. The molecule has 2 saturated carbocycles. The van der Waals surface area contributed by atoms with Crippen molar-refractivity contribution in [3.63, 3.8) is 0 Å². The van der Waals surface area contributed by atoms with Gasteiger partial charge in [-0.05, 0) is 89.5 Å². The Morgan fingerprint density at radius 3 is 2.52 bits per heavy atom. The molecular formula is C34H38F2O4. The lowest BCUT2D eigenvalue weighted by atomic mass is 9.65. The van der Waals surface area contributed by atoms with Crippen LogP contribution in [-0.4, -0.2) is 18.2 Å². The molecule has 212 valence electrons. The van der Waals surface area contributed by atoms with Gasteiger partial charge in [0.25, 0.3) is 0 Å². The first kappa shape index (κ1) is 28.1. The Morgan fingerprint density at radius 2 is 1.82 bits per heavy atom. The minimum atomic E-state index is -0.923. The van der Waals surface area contributed by atoms with Crippen molar-refractivity contribution in [3.8, 4) is 22.6 Å². The monoisotopic (exact) mass is 548 g/mol. The van der Waals surface area contributed by atoms with Crippen LogP contribution >= 0.6 is 0 Å². The highest BCUT2D eigenvalue weighted by Gasteiger charge is 2.37. The Bertz CT molecular complexity index is 1380. The molecule has 2 fully saturated rings. The lowest BCUT2D eigenvalue weighted by molar-refractivity contribution is -0.137.